The van der Waals surface area contributed by atoms with Crippen LogP contribution in [-0.2, 0) is 0 Å². The molecule has 18 heavy (non-hydrogen) atoms. The van der Waals surface area contributed by atoms with E-state index in [1.165, 1.54) is 38.6 Å². The molecule has 0 aromatic carbocycles. The molecule has 0 radical (unpaired) electrons. The third-order valence-corrected chi connectivity index (χ3v) is 6.09. The van der Waals surface area contributed by atoms with Crippen molar-refractivity contribution in [2.75, 3.05) is 13.1 Å². The summed E-state index contributed by atoms with van der Waals surface area (Å²) in [6.07, 6.45) is 11.6. The molecular weight excluding hydrogens is 220 g/mol. The van der Waals surface area contributed by atoms with Gasteiger partial charge >= 0.3 is 0 Å². The maximum Gasteiger partial charge on any atom is 0.00954 e. The Morgan fingerprint density at radius 2 is 1.61 bits per heavy atom. The van der Waals surface area contributed by atoms with E-state index in [9.17, 15) is 0 Å². The van der Waals surface area contributed by atoms with Gasteiger partial charge in [0.15, 0.2) is 0 Å². The predicted octanol–water partition coefficient (Wildman–Crippen LogP) is 2.92. The summed E-state index contributed by atoms with van der Waals surface area (Å²) < 4.78 is 0. The maximum atomic E-state index is 5.56. The Labute approximate surface area is 112 Å². The third-order valence-electron chi connectivity index (χ3n) is 6.09. The highest BCUT2D eigenvalue weighted by Crippen LogP contribution is 2.61. The van der Waals surface area contributed by atoms with Crippen LogP contribution in [0.5, 0.6) is 0 Å². The summed E-state index contributed by atoms with van der Waals surface area (Å²) in [5.74, 6) is 3.22. The fourth-order valence-electron chi connectivity index (χ4n) is 5.51. The Bertz CT molecular complexity index is 252. The van der Waals surface area contributed by atoms with Gasteiger partial charge in [0.2, 0.25) is 0 Å². The van der Waals surface area contributed by atoms with Crippen molar-refractivity contribution in [1.82, 2.24) is 5.32 Å². The molecule has 0 amide bonds. The lowest BCUT2D eigenvalue weighted by molar-refractivity contribution is -0.0703. The first-order valence-corrected chi connectivity index (χ1v) is 8.15. The predicted molar refractivity (Wildman–Crippen MR) is 76.4 cm³/mol. The minimum Gasteiger partial charge on any atom is -0.330 e. The molecule has 0 heterocycles. The van der Waals surface area contributed by atoms with Crippen molar-refractivity contribution in [3.63, 3.8) is 0 Å². The molecule has 0 aliphatic heterocycles. The highest BCUT2D eigenvalue weighted by atomic mass is 14.9. The molecule has 2 nitrogen and oxygen atoms in total. The number of hydrogen-bond donors (Lipinski definition) is 2. The van der Waals surface area contributed by atoms with Gasteiger partial charge in [0.25, 0.3) is 0 Å². The topological polar surface area (TPSA) is 38.0 Å². The quantitative estimate of drug-likeness (QED) is 0.711. The van der Waals surface area contributed by atoms with E-state index in [-0.39, 0.29) is 0 Å². The van der Waals surface area contributed by atoms with Crippen LogP contribution in [0, 0.1) is 23.2 Å². The van der Waals surface area contributed by atoms with Crippen molar-refractivity contribution in [2.24, 2.45) is 28.9 Å². The van der Waals surface area contributed by atoms with Gasteiger partial charge < -0.3 is 11.1 Å². The molecule has 0 aromatic rings. The van der Waals surface area contributed by atoms with Gasteiger partial charge in [-0.1, -0.05) is 0 Å². The van der Waals surface area contributed by atoms with E-state index >= 15 is 0 Å². The van der Waals surface area contributed by atoms with Crippen LogP contribution in [-0.4, -0.2) is 19.1 Å². The number of nitrogens with two attached hydrogens (primary N) is 1. The molecule has 4 bridgehead atoms. The zero-order valence-electron chi connectivity index (χ0n) is 12.0. The lowest BCUT2D eigenvalue weighted by atomic mass is 9.48. The van der Waals surface area contributed by atoms with E-state index in [2.05, 4.69) is 12.2 Å². The zero-order valence-corrected chi connectivity index (χ0v) is 12.0. The van der Waals surface area contributed by atoms with Gasteiger partial charge in [-0.15, -0.1) is 0 Å². The molecule has 4 saturated carbocycles. The molecule has 2 heteroatoms. The van der Waals surface area contributed by atoms with Crippen molar-refractivity contribution in [3.05, 3.63) is 0 Å². The number of nitrogens with one attached hydrogen (secondary N) is 1. The molecule has 0 saturated heterocycles. The van der Waals surface area contributed by atoms with E-state index < -0.39 is 0 Å². The summed E-state index contributed by atoms with van der Waals surface area (Å²) >= 11 is 0. The Hall–Kier alpha value is -0.0800. The standard InChI is InChI=1S/C16H30N2/c1-12(18-5-3-2-4-17)16-9-13-6-14(10-16)8-15(7-13)11-16/h12-15,18H,2-11,17H2,1H3. The summed E-state index contributed by atoms with van der Waals surface area (Å²) in [6.45, 7) is 4.46. The first kappa shape index (κ1) is 12.9. The highest BCUT2D eigenvalue weighted by molar-refractivity contribution is 5.05. The van der Waals surface area contributed by atoms with Crippen molar-refractivity contribution < 1.29 is 0 Å². The van der Waals surface area contributed by atoms with E-state index in [0.29, 0.717) is 5.41 Å². The lowest BCUT2D eigenvalue weighted by Gasteiger charge is -2.59. The van der Waals surface area contributed by atoms with Crippen molar-refractivity contribution >= 4 is 0 Å². The Balaban J connectivity index is 1.57. The summed E-state index contributed by atoms with van der Waals surface area (Å²) in [5, 5.41) is 3.82. The number of hydrogen-bond acceptors (Lipinski definition) is 2. The zero-order chi connectivity index (χ0) is 12.6. The summed E-state index contributed by atoms with van der Waals surface area (Å²) in [6, 6.07) is 0.726. The van der Waals surface area contributed by atoms with Crippen molar-refractivity contribution in [3.8, 4) is 0 Å². The minimum absolute atomic E-state index is 0.664. The van der Waals surface area contributed by atoms with Gasteiger partial charge in [0, 0.05) is 6.04 Å². The normalized spacial score (nSPS) is 43.3. The van der Waals surface area contributed by atoms with E-state index in [1.54, 1.807) is 19.3 Å². The second-order valence-electron chi connectivity index (χ2n) is 7.45. The lowest BCUT2D eigenvalue weighted by Crippen LogP contribution is -2.55. The van der Waals surface area contributed by atoms with Crippen molar-refractivity contribution in [1.29, 1.82) is 0 Å². The van der Waals surface area contributed by atoms with Gasteiger partial charge in [-0.3, -0.25) is 0 Å². The molecule has 4 fully saturated rings. The molecular formula is C16H30N2. The second-order valence-corrected chi connectivity index (χ2v) is 7.45. The fraction of sp³-hybridized carbons (Fsp3) is 1.00. The van der Waals surface area contributed by atoms with Crippen LogP contribution in [0.1, 0.15) is 58.3 Å². The first-order chi connectivity index (χ1) is 8.72. The first-order valence-electron chi connectivity index (χ1n) is 8.15. The smallest absolute Gasteiger partial charge is 0.00954 e. The fourth-order valence-corrected chi connectivity index (χ4v) is 5.51. The largest absolute Gasteiger partial charge is 0.330 e. The van der Waals surface area contributed by atoms with Crippen molar-refractivity contribution in [2.45, 2.75) is 64.3 Å². The van der Waals surface area contributed by atoms with Crippen LogP contribution in [0.3, 0.4) is 0 Å². The molecule has 1 atom stereocenters. The number of rotatable bonds is 6. The summed E-state index contributed by atoms with van der Waals surface area (Å²) in [7, 11) is 0. The molecule has 1 unspecified atom stereocenters. The maximum absolute atomic E-state index is 5.56. The molecule has 4 aliphatic rings. The molecule has 4 aliphatic carbocycles. The summed E-state index contributed by atoms with van der Waals surface area (Å²) in [5.41, 5.74) is 6.23. The average molecular weight is 250 g/mol. The van der Waals surface area contributed by atoms with Gasteiger partial charge in [0.1, 0.15) is 0 Å². The molecule has 104 valence electrons. The SMILES string of the molecule is CC(NCCCCN)C12CC3CC(CC(C3)C1)C2. The van der Waals surface area contributed by atoms with Gasteiger partial charge in [-0.2, -0.15) is 0 Å². The van der Waals surface area contributed by atoms with Crippen LogP contribution in [0.2, 0.25) is 0 Å². The second kappa shape index (κ2) is 5.13. The van der Waals surface area contributed by atoms with Crippen LogP contribution >= 0.6 is 0 Å². The molecule has 3 N–H and O–H groups in total. The minimum atomic E-state index is 0.664. The van der Waals surface area contributed by atoms with Crippen LogP contribution in [0.15, 0.2) is 0 Å². The van der Waals surface area contributed by atoms with Crippen LogP contribution < -0.4 is 11.1 Å². The Kier molecular flexibility index (Phi) is 3.68. The van der Waals surface area contributed by atoms with E-state index in [4.69, 9.17) is 5.73 Å². The highest BCUT2D eigenvalue weighted by Gasteiger charge is 2.52. The molecule has 0 spiro atoms. The average Bonchev–Trinajstić information content (AvgIpc) is 2.32. The number of unbranched alkanes of at least 4 members (excludes halogenated alkanes) is 1. The Morgan fingerprint density at radius 1 is 1.06 bits per heavy atom. The molecule has 4 rings (SSSR count). The Morgan fingerprint density at radius 3 is 2.11 bits per heavy atom. The van der Waals surface area contributed by atoms with Gasteiger partial charge in [-0.25, -0.2) is 0 Å². The van der Waals surface area contributed by atoms with Crippen LogP contribution in [0.25, 0.3) is 0 Å². The summed E-state index contributed by atoms with van der Waals surface area (Å²) in [4.78, 5) is 0. The van der Waals surface area contributed by atoms with Gasteiger partial charge in [0.05, 0.1) is 0 Å². The van der Waals surface area contributed by atoms with Crippen LogP contribution in [0.4, 0.5) is 0 Å². The molecule has 0 aromatic heterocycles. The van der Waals surface area contributed by atoms with E-state index in [0.717, 1.165) is 30.3 Å². The van der Waals surface area contributed by atoms with E-state index in [1.807, 2.05) is 0 Å². The van der Waals surface area contributed by atoms with Gasteiger partial charge in [-0.05, 0) is 94.5 Å². The third kappa shape index (κ3) is 2.34. The monoisotopic (exact) mass is 250 g/mol.